The number of halogens is 2. The van der Waals surface area contributed by atoms with Crippen molar-refractivity contribution in [2.75, 3.05) is 5.32 Å². The van der Waals surface area contributed by atoms with Crippen molar-refractivity contribution >= 4 is 43.5 Å². The predicted octanol–water partition coefficient (Wildman–Crippen LogP) is 5.39. The molecule has 104 valence electrons. The largest absolute Gasteiger partial charge is 0.321 e. The number of nitrogens with one attached hydrogen (secondary N) is 1. The molecule has 0 aliphatic rings. The first-order chi connectivity index (χ1) is 9.40. The van der Waals surface area contributed by atoms with Gasteiger partial charge in [0.2, 0.25) is 0 Å². The van der Waals surface area contributed by atoms with Crippen molar-refractivity contribution in [3.8, 4) is 0 Å². The third-order valence-corrected chi connectivity index (χ3v) is 4.68. The van der Waals surface area contributed by atoms with Crippen LogP contribution in [-0.4, -0.2) is 5.91 Å². The van der Waals surface area contributed by atoms with E-state index >= 15 is 0 Å². The molecule has 1 amide bonds. The summed E-state index contributed by atoms with van der Waals surface area (Å²) in [7, 11) is 0. The van der Waals surface area contributed by atoms with Crippen LogP contribution in [0.3, 0.4) is 0 Å². The lowest BCUT2D eigenvalue weighted by atomic mass is 10.1. The van der Waals surface area contributed by atoms with Crippen molar-refractivity contribution in [2.45, 2.75) is 20.8 Å². The molecule has 2 aromatic carbocycles. The highest BCUT2D eigenvalue weighted by atomic mass is 79.9. The number of carbonyl (C=O) groups is 1. The Morgan fingerprint density at radius 3 is 2.20 bits per heavy atom. The second-order valence-corrected chi connectivity index (χ2v) is 6.51. The van der Waals surface area contributed by atoms with Gasteiger partial charge in [0.25, 0.3) is 5.91 Å². The first-order valence-electron chi connectivity index (χ1n) is 6.23. The normalized spacial score (nSPS) is 10.4. The molecule has 0 aliphatic heterocycles. The number of carbonyl (C=O) groups excluding carboxylic acids is 1. The van der Waals surface area contributed by atoms with Crippen molar-refractivity contribution in [3.63, 3.8) is 0 Å². The smallest absolute Gasteiger partial charge is 0.256 e. The lowest BCUT2D eigenvalue weighted by Crippen LogP contribution is -2.14. The van der Waals surface area contributed by atoms with E-state index in [1.807, 2.05) is 51.1 Å². The average Bonchev–Trinajstić information content (AvgIpc) is 2.36. The summed E-state index contributed by atoms with van der Waals surface area (Å²) in [4.78, 5) is 12.4. The quantitative estimate of drug-likeness (QED) is 0.724. The fourth-order valence-corrected chi connectivity index (χ4v) is 3.24. The highest BCUT2D eigenvalue weighted by Gasteiger charge is 2.14. The minimum absolute atomic E-state index is 0.103. The highest BCUT2D eigenvalue weighted by molar-refractivity contribution is 9.10. The maximum absolute atomic E-state index is 12.4. The Labute approximate surface area is 135 Å². The van der Waals surface area contributed by atoms with Crippen molar-refractivity contribution in [2.24, 2.45) is 0 Å². The van der Waals surface area contributed by atoms with Gasteiger partial charge >= 0.3 is 0 Å². The molecule has 2 aromatic rings. The molecule has 20 heavy (non-hydrogen) atoms. The SMILES string of the molecule is Cc1cccc(C(=O)Nc2c(C)cc(Br)cc2C)c1Br. The first-order valence-corrected chi connectivity index (χ1v) is 7.82. The number of benzene rings is 2. The van der Waals surface area contributed by atoms with Gasteiger partial charge < -0.3 is 5.32 Å². The van der Waals surface area contributed by atoms with Crippen LogP contribution >= 0.6 is 31.9 Å². The minimum atomic E-state index is -0.103. The zero-order valence-corrected chi connectivity index (χ0v) is 14.7. The molecule has 1 N–H and O–H groups in total. The summed E-state index contributed by atoms with van der Waals surface area (Å²) in [5.41, 5.74) is 4.63. The summed E-state index contributed by atoms with van der Waals surface area (Å²) in [6.07, 6.45) is 0. The summed E-state index contributed by atoms with van der Waals surface area (Å²) >= 11 is 6.93. The lowest BCUT2D eigenvalue weighted by Gasteiger charge is -2.13. The summed E-state index contributed by atoms with van der Waals surface area (Å²) in [6.45, 7) is 5.94. The molecular formula is C16H15Br2NO. The molecule has 0 saturated heterocycles. The maximum Gasteiger partial charge on any atom is 0.256 e. The molecule has 2 rings (SSSR count). The van der Waals surface area contributed by atoms with Crippen LogP contribution in [0, 0.1) is 20.8 Å². The Hall–Kier alpha value is -1.13. The number of anilines is 1. The third-order valence-electron chi connectivity index (χ3n) is 3.17. The summed E-state index contributed by atoms with van der Waals surface area (Å²) < 4.78 is 1.85. The Bertz CT molecular complexity index is 657. The van der Waals surface area contributed by atoms with Crippen LogP contribution in [0.15, 0.2) is 39.3 Å². The Kier molecular flexibility index (Phi) is 4.66. The minimum Gasteiger partial charge on any atom is -0.321 e. The molecule has 0 saturated carbocycles. The van der Waals surface area contributed by atoms with Gasteiger partial charge in [0.1, 0.15) is 0 Å². The second kappa shape index (κ2) is 6.10. The monoisotopic (exact) mass is 395 g/mol. The topological polar surface area (TPSA) is 29.1 Å². The molecule has 4 heteroatoms. The van der Waals surface area contributed by atoms with Crippen molar-refractivity contribution in [1.29, 1.82) is 0 Å². The molecule has 0 atom stereocenters. The van der Waals surface area contributed by atoms with Crippen LogP contribution in [0.1, 0.15) is 27.0 Å². The van der Waals surface area contributed by atoms with Crippen LogP contribution in [0.25, 0.3) is 0 Å². The zero-order chi connectivity index (χ0) is 14.9. The number of rotatable bonds is 2. The van der Waals surface area contributed by atoms with Gasteiger partial charge in [0, 0.05) is 14.6 Å². The van der Waals surface area contributed by atoms with E-state index < -0.39 is 0 Å². The van der Waals surface area contributed by atoms with Crippen LogP contribution in [0.2, 0.25) is 0 Å². The average molecular weight is 397 g/mol. The summed E-state index contributed by atoms with van der Waals surface area (Å²) in [5.74, 6) is -0.103. The molecule has 0 heterocycles. The molecule has 0 spiro atoms. The lowest BCUT2D eigenvalue weighted by molar-refractivity contribution is 0.102. The summed E-state index contributed by atoms with van der Waals surface area (Å²) in [5, 5.41) is 3.00. The van der Waals surface area contributed by atoms with Crippen molar-refractivity contribution in [3.05, 3.63) is 61.5 Å². The van der Waals surface area contributed by atoms with Gasteiger partial charge in [-0.2, -0.15) is 0 Å². The van der Waals surface area contributed by atoms with Gasteiger partial charge in [0.05, 0.1) is 5.56 Å². The Balaban J connectivity index is 2.36. The number of aryl methyl sites for hydroxylation is 3. The van der Waals surface area contributed by atoms with Gasteiger partial charge in [-0.15, -0.1) is 0 Å². The van der Waals surface area contributed by atoms with E-state index in [2.05, 4.69) is 37.2 Å². The van der Waals surface area contributed by atoms with E-state index in [9.17, 15) is 4.79 Å². The molecule has 0 unspecified atom stereocenters. The molecule has 0 radical (unpaired) electrons. The van der Waals surface area contributed by atoms with Gasteiger partial charge in [-0.25, -0.2) is 0 Å². The Morgan fingerprint density at radius 2 is 1.60 bits per heavy atom. The first kappa shape index (κ1) is 15.3. The standard InChI is InChI=1S/C16H15Br2NO/c1-9-5-4-6-13(14(9)18)16(20)19-15-10(2)7-12(17)8-11(15)3/h4-8H,1-3H3,(H,19,20). The fourth-order valence-electron chi connectivity index (χ4n) is 2.11. The van der Waals surface area contributed by atoms with Gasteiger partial charge in [-0.05, 0) is 71.6 Å². The predicted molar refractivity (Wildman–Crippen MR) is 90.4 cm³/mol. The van der Waals surface area contributed by atoms with Crippen LogP contribution in [0.5, 0.6) is 0 Å². The van der Waals surface area contributed by atoms with Gasteiger partial charge in [-0.1, -0.05) is 28.1 Å². The maximum atomic E-state index is 12.4. The Morgan fingerprint density at radius 1 is 1.00 bits per heavy atom. The zero-order valence-electron chi connectivity index (χ0n) is 11.6. The van der Waals surface area contributed by atoms with Gasteiger partial charge in [0.15, 0.2) is 0 Å². The number of amides is 1. The van der Waals surface area contributed by atoms with E-state index in [-0.39, 0.29) is 5.91 Å². The van der Waals surface area contributed by atoms with E-state index in [1.165, 1.54) is 0 Å². The molecular weight excluding hydrogens is 382 g/mol. The van der Waals surface area contributed by atoms with E-state index in [0.717, 1.165) is 31.3 Å². The molecule has 0 bridgehead atoms. The second-order valence-electron chi connectivity index (χ2n) is 4.81. The fraction of sp³-hybridized carbons (Fsp3) is 0.188. The van der Waals surface area contributed by atoms with Crippen LogP contribution in [0.4, 0.5) is 5.69 Å². The number of hydrogen-bond donors (Lipinski definition) is 1. The third kappa shape index (κ3) is 3.13. The highest BCUT2D eigenvalue weighted by Crippen LogP contribution is 2.27. The van der Waals surface area contributed by atoms with E-state index in [4.69, 9.17) is 0 Å². The van der Waals surface area contributed by atoms with E-state index in [0.29, 0.717) is 5.56 Å². The van der Waals surface area contributed by atoms with Crippen molar-refractivity contribution < 1.29 is 4.79 Å². The summed E-state index contributed by atoms with van der Waals surface area (Å²) in [6, 6.07) is 9.66. The van der Waals surface area contributed by atoms with Crippen molar-refractivity contribution in [1.82, 2.24) is 0 Å². The molecule has 0 aliphatic carbocycles. The molecule has 0 aromatic heterocycles. The molecule has 2 nitrogen and oxygen atoms in total. The molecule has 0 fully saturated rings. The van der Waals surface area contributed by atoms with Crippen LogP contribution < -0.4 is 5.32 Å². The van der Waals surface area contributed by atoms with Crippen LogP contribution in [-0.2, 0) is 0 Å². The van der Waals surface area contributed by atoms with Gasteiger partial charge in [-0.3, -0.25) is 4.79 Å². The van der Waals surface area contributed by atoms with E-state index in [1.54, 1.807) is 0 Å². The number of hydrogen-bond acceptors (Lipinski definition) is 1.